The van der Waals surface area contributed by atoms with Crippen LogP contribution in [-0.2, 0) is 26.2 Å². The van der Waals surface area contributed by atoms with E-state index in [2.05, 4.69) is 5.32 Å². The fourth-order valence-corrected chi connectivity index (χ4v) is 5.80. The molecule has 0 aliphatic heterocycles. The highest BCUT2D eigenvalue weighted by atomic mass is 32.2. The van der Waals surface area contributed by atoms with Crippen LogP contribution >= 0.6 is 0 Å². The van der Waals surface area contributed by atoms with E-state index in [1.807, 2.05) is 32.9 Å². The number of benzene rings is 3. The lowest BCUT2D eigenvalue weighted by Gasteiger charge is -2.34. The number of para-hydroxylation sites is 2. The van der Waals surface area contributed by atoms with Gasteiger partial charge in [0.2, 0.25) is 11.8 Å². The highest BCUT2D eigenvalue weighted by Crippen LogP contribution is 2.32. The molecule has 2 amide bonds. The van der Waals surface area contributed by atoms with Crippen LogP contribution in [0.1, 0.15) is 39.2 Å². The van der Waals surface area contributed by atoms with Gasteiger partial charge < -0.3 is 19.7 Å². The molecule has 0 saturated carbocycles. The van der Waals surface area contributed by atoms with Crippen molar-refractivity contribution in [3.8, 4) is 11.5 Å². The fourth-order valence-electron chi connectivity index (χ4n) is 4.36. The number of nitrogens with zero attached hydrogens (tertiary/aromatic N) is 2. The summed E-state index contributed by atoms with van der Waals surface area (Å²) in [7, 11) is -1.18. The number of carbonyl (C=O) groups is 2. The van der Waals surface area contributed by atoms with Gasteiger partial charge in [-0.3, -0.25) is 13.9 Å². The largest absolute Gasteiger partial charge is 0.497 e. The molecule has 0 fully saturated rings. The minimum Gasteiger partial charge on any atom is -0.497 e. The Hall–Kier alpha value is -4.05. The maximum Gasteiger partial charge on any atom is 0.264 e. The average molecular weight is 582 g/mol. The molecule has 3 rings (SSSR count). The van der Waals surface area contributed by atoms with Gasteiger partial charge >= 0.3 is 0 Å². The Labute approximate surface area is 243 Å². The quantitative estimate of drug-likeness (QED) is 0.298. The van der Waals surface area contributed by atoms with Crippen LogP contribution in [0.2, 0.25) is 0 Å². The van der Waals surface area contributed by atoms with Crippen LogP contribution in [0.15, 0.2) is 83.8 Å². The van der Waals surface area contributed by atoms with Gasteiger partial charge in [0.1, 0.15) is 24.1 Å². The first-order valence-electron chi connectivity index (χ1n) is 13.6. The van der Waals surface area contributed by atoms with Gasteiger partial charge in [-0.2, -0.15) is 0 Å². The van der Waals surface area contributed by atoms with E-state index < -0.39 is 28.5 Å². The Morgan fingerprint density at radius 2 is 1.49 bits per heavy atom. The van der Waals surface area contributed by atoms with E-state index in [-0.39, 0.29) is 29.1 Å². The number of hydrogen-bond donors (Lipinski definition) is 1. The van der Waals surface area contributed by atoms with E-state index in [4.69, 9.17) is 9.47 Å². The number of rotatable bonds is 14. The first kappa shape index (κ1) is 31.5. The number of nitrogens with one attached hydrogen (secondary N) is 1. The zero-order valence-corrected chi connectivity index (χ0v) is 25.1. The molecule has 220 valence electrons. The number of methoxy groups -OCH3 is 2. The molecular formula is C31H39N3O6S. The Morgan fingerprint density at radius 1 is 0.854 bits per heavy atom. The number of hydrogen-bond acceptors (Lipinski definition) is 6. The van der Waals surface area contributed by atoms with Crippen molar-refractivity contribution < 1.29 is 27.5 Å². The topological polar surface area (TPSA) is 105 Å². The minimum absolute atomic E-state index is 0.0296. The fraction of sp³-hybridized carbons (Fsp3) is 0.355. The third-order valence-corrected chi connectivity index (χ3v) is 8.64. The van der Waals surface area contributed by atoms with Crippen LogP contribution in [-0.4, -0.2) is 58.0 Å². The lowest BCUT2D eigenvalue weighted by atomic mass is 10.1. The summed E-state index contributed by atoms with van der Waals surface area (Å²) in [6.45, 7) is 5.25. The maximum absolute atomic E-state index is 14.2. The maximum atomic E-state index is 14.2. The summed E-state index contributed by atoms with van der Waals surface area (Å²) in [5.41, 5.74) is 0.984. The molecule has 0 aromatic heterocycles. The van der Waals surface area contributed by atoms with Gasteiger partial charge in [0, 0.05) is 12.6 Å². The van der Waals surface area contributed by atoms with Gasteiger partial charge in [-0.05, 0) is 61.7 Å². The molecule has 3 aromatic rings. The van der Waals surface area contributed by atoms with Crippen LogP contribution in [0.25, 0.3) is 0 Å². The molecule has 0 radical (unpaired) electrons. The minimum atomic E-state index is -4.18. The van der Waals surface area contributed by atoms with Crippen molar-refractivity contribution in [2.24, 2.45) is 0 Å². The summed E-state index contributed by atoms with van der Waals surface area (Å²) < 4.78 is 39.7. The third-order valence-electron chi connectivity index (χ3n) is 6.86. The van der Waals surface area contributed by atoms with Crippen LogP contribution in [0, 0.1) is 0 Å². The van der Waals surface area contributed by atoms with Crippen molar-refractivity contribution in [3.63, 3.8) is 0 Å². The van der Waals surface area contributed by atoms with Crippen LogP contribution < -0.4 is 19.1 Å². The molecule has 3 aromatic carbocycles. The van der Waals surface area contributed by atoms with Crippen molar-refractivity contribution in [1.29, 1.82) is 0 Å². The molecule has 41 heavy (non-hydrogen) atoms. The first-order chi connectivity index (χ1) is 19.7. The monoisotopic (exact) mass is 581 g/mol. The van der Waals surface area contributed by atoms with Crippen LogP contribution in [0.3, 0.4) is 0 Å². The molecule has 0 bridgehead atoms. The normalized spacial score (nSPS) is 12.6. The predicted octanol–water partition coefficient (Wildman–Crippen LogP) is 4.62. The van der Waals surface area contributed by atoms with Gasteiger partial charge in [0.25, 0.3) is 10.0 Å². The standard InChI is InChI=1S/C31H39N3O6S/c1-6-23(3)32-31(36)27(7-2)33(21-24-17-19-25(39-4)20-18-24)30(35)22-34(28-15-11-12-16-29(28)40-5)41(37,38)26-13-9-8-10-14-26/h8-20,23,27H,6-7,21-22H2,1-5H3,(H,32,36)/t23-,27+/m0/s1. The Morgan fingerprint density at radius 3 is 2.07 bits per heavy atom. The molecule has 0 spiro atoms. The second-order valence-electron chi connectivity index (χ2n) is 9.61. The van der Waals surface area contributed by atoms with Gasteiger partial charge in [-0.1, -0.05) is 56.3 Å². The second kappa shape index (κ2) is 14.5. The van der Waals surface area contributed by atoms with Crippen LogP contribution in [0.5, 0.6) is 11.5 Å². The summed E-state index contributed by atoms with van der Waals surface area (Å²) in [5, 5.41) is 2.97. The number of sulfonamides is 1. The number of ether oxygens (including phenoxy) is 2. The molecule has 0 aliphatic carbocycles. The lowest BCUT2D eigenvalue weighted by molar-refractivity contribution is -0.140. The number of anilines is 1. The summed E-state index contributed by atoms with van der Waals surface area (Å²) in [6.07, 6.45) is 1.07. The number of carbonyl (C=O) groups excluding carboxylic acids is 2. The molecule has 9 nitrogen and oxygen atoms in total. The zero-order chi connectivity index (χ0) is 30.0. The predicted molar refractivity (Wildman–Crippen MR) is 159 cm³/mol. The second-order valence-corrected chi connectivity index (χ2v) is 11.5. The summed E-state index contributed by atoms with van der Waals surface area (Å²) in [4.78, 5) is 29.0. The van der Waals surface area contributed by atoms with E-state index in [9.17, 15) is 18.0 Å². The van der Waals surface area contributed by atoms with Crippen molar-refractivity contribution >= 4 is 27.5 Å². The Bertz CT molecular complexity index is 1400. The van der Waals surface area contributed by atoms with Crippen LogP contribution in [0.4, 0.5) is 5.69 Å². The highest BCUT2D eigenvalue weighted by molar-refractivity contribution is 7.92. The molecule has 0 aliphatic rings. The van der Waals surface area contributed by atoms with Gasteiger partial charge in [0.05, 0.1) is 24.8 Å². The van der Waals surface area contributed by atoms with E-state index >= 15 is 0 Å². The van der Waals surface area contributed by atoms with Crippen molar-refractivity contribution in [1.82, 2.24) is 10.2 Å². The first-order valence-corrected chi connectivity index (χ1v) is 15.0. The number of amides is 2. The van der Waals surface area contributed by atoms with Crippen molar-refractivity contribution in [2.75, 3.05) is 25.1 Å². The van der Waals surface area contributed by atoms with Crippen molar-refractivity contribution in [3.05, 3.63) is 84.4 Å². The molecule has 1 N–H and O–H groups in total. The van der Waals surface area contributed by atoms with Gasteiger partial charge in [0.15, 0.2) is 0 Å². The average Bonchev–Trinajstić information content (AvgIpc) is 3.00. The Kier molecular flexibility index (Phi) is 11.2. The Balaban J connectivity index is 2.08. The van der Waals surface area contributed by atoms with E-state index in [1.54, 1.807) is 61.7 Å². The smallest absolute Gasteiger partial charge is 0.264 e. The third kappa shape index (κ3) is 7.79. The molecule has 0 heterocycles. The van der Waals surface area contributed by atoms with E-state index in [1.165, 1.54) is 24.1 Å². The zero-order valence-electron chi connectivity index (χ0n) is 24.2. The molecule has 10 heteroatoms. The van der Waals surface area contributed by atoms with Gasteiger partial charge in [-0.15, -0.1) is 0 Å². The van der Waals surface area contributed by atoms with Gasteiger partial charge in [-0.25, -0.2) is 8.42 Å². The molecule has 0 saturated heterocycles. The van der Waals surface area contributed by atoms with E-state index in [0.717, 1.165) is 16.3 Å². The summed E-state index contributed by atoms with van der Waals surface area (Å²) >= 11 is 0. The van der Waals surface area contributed by atoms with Crippen molar-refractivity contribution in [2.45, 2.75) is 57.1 Å². The highest BCUT2D eigenvalue weighted by Gasteiger charge is 2.34. The van der Waals surface area contributed by atoms with E-state index in [0.29, 0.717) is 17.9 Å². The molecule has 2 atom stereocenters. The SMILES string of the molecule is CC[C@H](C(=O)N[C@@H](C)CC)N(Cc1ccc(OC)cc1)C(=O)CN(c1ccccc1OC)S(=O)(=O)c1ccccc1. The molecular weight excluding hydrogens is 542 g/mol. The molecule has 0 unspecified atom stereocenters. The lowest BCUT2D eigenvalue weighted by Crippen LogP contribution is -2.53. The summed E-state index contributed by atoms with van der Waals surface area (Å²) in [5.74, 6) is 0.128. The summed E-state index contributed by atoms with van der Waals surface area (Å²) in [6, 6.07) is 20.8.